The molecule has 2 aromatic rings. The maximum atomic E-state index is 12.2. The smallest absolute Gasteiger partial charge is 0.308 e. The van der Waals surface area contributed by atoms with Crippen molar-refractivity contribution in [2.24, 2.45) is 0 Å². The summed E-state index contributed by atoms with van der Waals surface area (Å²) in [5, 5.41) is 2.87. The minimum Gasteiger partial charge on any atom is -0.456 e. The van der Waals surface area contributed by atoms with Crippen molar-refractivity contribution in [3.8, 4) is 0 Å². The number of para-hydroxylation sites is 2. The van der Waals surface area contributed by atoms with Crippen molar-refractivity contribution in [3.05, 3.63) is 48.5 Å². The van der Waals surface area contributed by atoms with Crippen molar-refractivity contribution in [1.29, 1.82) is 0 Å². The second-order valence-corrected chi connectivity index (χ2v) is 7.76. The number of ether oxygens (including phenoxy) is 1. The molecule has 0 spiro atoms. The first-order valence-corrected chi connectivity index (χ1v) is 10.5. The first-order valence-electron chi connectivity index (χ1n) is 9.70. The van der Waals surface area contributed by atoms with E-state index in [-0.39, 0.29) is 30.9 Å². The minimum atomic E-state index is -0.368. The molecule has 0 aromatic heterocycles. The Hall–Kier alpha value is -2.47. The second kappa shape index (κ2) is 9.64. The topological polar surface area (TPSA) is 58.6 Å². The number of amides is 1. The fourth-order valence-corrected chi connectivity index (χ4v) is 4.30. The first-order chi connectivity index (χ1) is 13.6. The number of benzene rings is 2. The lowest BCUT2D eigenvalue weighted by atomic mass is 10.2. The number of nitrogens with zero attached hydrogens (tertiary/aromatic N) is 1. The van der Waals surface area contributed by atoms with Crippen molar-refractivity contribution < 1.29 is 14.3 Å². The number of fused-ring (bicyclic) bond motifs is 2. The molecule has 1 aliphatic heterocycles. The summed E-state index contributed by atoms with van der Waals surface area (Å²) in [4.78, 5) is 28.6. The highest BCUT2D eigenvalue weighted by atomic mass is 32.2. The molecule has 0 unspecified atom stereocenters. The monoisotopic (exact) mass is 398 g/mol. The van der Waals surface area contributed by atoms with Crippen LogP contribution in [0.4, 0.5) is 11.4 Å². The van der Waals surface area contributed by atoms with E-state index in [1.807, 2.05) is 38.1 Å². The average molecular weight is 399 g/mol. The van der Waals surface area contributed by atoms with Gasteiger partial charge in [0.15, 0.2) is 6.61 Å². The molecule has 0 saturated heterocycles. The fourth-order valence-electron chi connectivity index (χ4n) is 3.21. The highest BCUT2D eigenvalue weighted by molar-refractivity contribution is 7.99. The van der Waals surface area contributed by atoms with E-state index in [9.17, 15) is 9.59 Å². The number of rotatable bonds is 8. The van der Waals surface area contributed by atoms with Gasteiger partial charge in [0, 0.05) is 22.4 Å². The largest absolute Gasteiger partial charge is 0.456 e. The van der Waals surface area contributed by atoms with Crippen molar-refractivity contribution >= 4 is 35.0 Å². The predicted molar refractivity (Wildman–Crippen MR) is 112 cm³/mol. The summed E-state index contributed by atoms with van der Waals surface area (Å²) in [6, 6.07) is 16.5. The van der Waals surface area contributed by atoms with Crippen LogP contribution >= 0.6 is 11.8 Å². The zero-order chi connectivity index (χ0) is 19.9. The van der Waals surface area contributed by atoms with E-state index in [0.717, 1.165) is 24.2 Å². The summed E-state index contributed by atoms with van der Waals surface area (Å²) in [5.74, 6) is -0.611. The average Bonchev–Trinajstić information content (AvgIpc) is 2.73. The Balaban J connectivity index is 1.59. The zero-order valence-corrected chi connectivity index (χ0v) is 17.1. The molecule has 3 rings (SSSR count). The van der Waals surface area contributed by atoms with Gasteiger partial charge in [-0.1, -0.05) is 49.9 Å². The van der Waals surface area contributed by atoms with E-state index in [1.54, 1.807) is 11.8 Å². The molecule has 6 heteroatoms. The van der Waals surface area contributed by atoms with E-state index < -0.39 is 0 Å². The molecule has 0 atom stereocenters. The van der Waals surface area contributed by atoms with Gasteiger partial charge in [0.25, 0.3) is 5.91 Å². The van der Waals surface area contributed by atoms with Gasteiger partial charge >= 0.3 is 5.97 Å². The number of hydrogen-bond acceptors (Lipinski definition) is 5. The van der Waals surface area contributed by atoms with Crippen LogP contribution in [0.25, 0.3) is 0 Å². The van der Waals surface area contributed by atoms with Crippen LogP contribution in [0.2, 0.25) is 0 Å². The van der Waals surface area contributed by atoms with E-state index in [2.05, 4.69) is 34.5 Å². The van der Waals surface area contributed by atoms with Crippen LogP contribution in [-0.2, 0) is 14.3 Å². The maximum absolute atomic E-state index is 12.2. The lowest BCUT2D eigenvalue weighted by Crippen LogP contribution is -2.37. The summed E-state index contributed by atoms with van der Waals surface area (Å²) in [7, 11) is 0. The molecule has 0 aliphatic carbocycles. The molecule has 148 valence electrons. The van der Waals surface area contributed by atoms with Crippen LogP contribution in [-0.4, -0.2) is 31.1 Å². The fraction of sp³-hybridized carbons (Fsp3) is 0.364. The molecule has 0 radical (unpaired) electrons. The van der Waals surface area contributed by atoms with Crippen LogP contribution < -0.4 is 10.2 Å². The lowest BCUT2D eigenvalue weighted by Gasteiger charge is -2.32. The highest BCUT2D eigenvalue weighted by Crippen LogP contribution is 2.47. The Morgan fingerprint density at radius 3 is 2.14 bits per heavy atom. The van der Waals surface area contributed by atoms with Gasteiger partial charge in [0.05, 0.1) is 17.8 Å². The van der Waals surface area contributed by atoms with Gasteiger partial charge in [0.1, 0.15) is 0 Å². The van der Waals surface area contributed by atoms with Gasteiger partial charge < -0.3 is 15.0 Å². The van der Waals surface area contributed by atoms with E-state index in [1.165, 1.54) is 9.79 Å². The van der Waals surface area contributed by atoms with Crippen molar-refractivity contribution in [2.75, 3.05) is 18.1 Å². The molecule has 1 heterocycles. The van der Waals surface area contributed by atoms with E-state index >= 15 is 0 Å². The molecule has 2 aromatic carbocycles. The predicted octanol–water partition coefficient (Wildman–Crippen LogP) is 4.53. The summed E-state index contributed by atoms with van der Waals surface area (Å²) in [6.45, 7) is 4.32. The Labute approximate surface area is 170 Å². The first kappa shape index (κ1) is 20.3. The van der Waals surface area contributed by atoms with Crippen molar-refractivity contribution in [2.45, 2.75) is 48.9 Å². The van der Waals surface area contributed by atoms with Crippen LogP contribution in [0, 0.1) is 0 Å². The third-order valence-electron chi connectivity index (χ3n) is 4.79. The van der Waals surface area contributed by atoms with Gasteiger partial charge in [-0.25, -0.2) is 0 Å². The molecule has 1 N–H and O–H groups in total. The highest BCUT2D eigenvalue weighted by Gasteiger charge is 2.23. The maximum Gasteiger partial charge on any atom is 0.308 e. The normalized spacial score (nSPS) is 12.3. The Morgan fingerprint density at radius 1 is 1.00 bits per heavy atom. The summed E-state index contributed by atoms with van der Waals surface area (Å²) in [5.41, 5.74) is 2.18. The molecule has 0 fully saturated rings. The third kappa shape index (κ3) is 4.87. The zero-order valence-electron chi connectivity index (χ0n) is 16.3. The van der Waals surface area contributed by atoms with Crippen LogP contribution in [0.1, 0.15) is 33.1 Å². The number of nitrogens with one attached hydrogen (secondary N) is 1. The second-order valence-electron chi connectivity index (χ2n) is 6.68. The quantitative estimate of drug-likeness (QED) is 0.662. The van der Waals surface area contributed by atoms with Crippen LogP contribution in [0.3, 0.4) is 0 Å². The van der Waals surface area contributed by atoms with Crippen molar-refractivity contribution in [1.82, 2.24) is 5.32 Å². The molecule has 1 amide bonds. The van der Waals surface area contributed by atoms with Crippen molar-refractivity contribution in [3.63, 3.8) is 0 Å². The Bertz CT molecular complexity index is 791. The van der Waals surface area contributed by atoms with E-state index in [4.69, 9.17) is 4.74 Å². The molecule has 1 aliphatic rings. The van der Waals surface area contributed by atoms with Gasteiger partial charge in [-0.15, -0.1) is 0 Å². The van der Waals surface area contributed by atoms with Gasteiger partial charge in [-0.3, -0.25) is 9.59 Å². The number of hydrogen-bond donors (Lipinski definition) is 1. The Morgan fingerprint density at radius 2 is 1.57 bits per heavy atom. The van der Waals surface area contributed by atoms with Gasteiger partial charge in [-0.2, -0.15) is 0 Å². The number of esters is 1. The minimum absolute atomic E-state index is 0.130. The third-order valence-corrected chi connectivity index (χ3v) is 5.92. The number of carbonyl (C=O) groups is 2. The van der Waals surface area contributed by atoms with Crippen LogP contribution in [0.5, 0.6) is 0 Å². The number of anilines is 2. The standard InChI is InChI=1S/C22H26N2O3S/c1-3-16(4-2)23-21(25)15-27-22(26)13-14-24-17-9-5-7-11-19(17)28-20-12-8-6-10-18(20)24/h5-12,16H,3-4,13-15H2,1-2H3,(H,23,25). The molecule has 5 nitrogen and oxygen atoms in total. The molecule has 0 bridgehead atoms. The van der Waals surface area contributed by atoms with Gasteiger partial charge in [-0.05, 0) is 37.1 Å². The molecular formula is C22H26N2O3S. The van der Waals surface area contributed by atoms with E-state index in [0.29, 0.717) is 6.54 Å². The molecule has 0 saturated carbocycles. The van der Waals surface area contributed by atoms with Gasteiger partial charge in [0.2, 0.25) is 0 Å². The summed E-state index contributed by atoms with van der Waals surface area (Å²) in [6.07, 6.45) is 1.94. The lowest BCUT2D eigenvalue weighted by molar-refractivity contribution is -0.148. The molecular weight excluding hydrogens is 372 g/mol. The molecule has 28 heavy (non-hydrogen) atoms. The summed E-state index contributed by atoms with van der Waals surface area (Å²) < 4.78 is 5.18. The summed E-state index contributed by atoms with van der Waals surface area (Å²) >= 11 is 1.73. The van der Waals surface area contributed by atoms with Crippen LogP contribution in [0.15, 0.2) is 58.3 Å². The Kier molecular flexibility index (Phi) is 6.98. The SMILES string of the molecule is CCC(CC)NC(=O)COC(=O)CCN1c2ccccc2Sc2ccccc21. The number of carbonyl (C=O) groups excluding carboxylic acids is 2.